The molecular formula is C13H18N2O4. The third-order valence-electron chi connectivity index (χ3n) is 2.89. The van der Waals surface area contributed by atoms with Crippen molar-refractivity contribution in [2.24, 2.45) is 5.73 Å². The van der Waals surface area contributed by atoms with E-state index in [2.05, 4.69) is 0 Å². The van der Waals surface area contributed by atoms with Crippen molar-refractivity contribution in [1.82, 2.24) is 0 Å². The van der Waals surface area contributed by atoms with E-state index < -0.39 is 17.9 Å². The number of carboxylic acid groups (broad SMARTS) is 1. The largest absolute Gasteiger partial charge is 0.496 e. The van der Waals surface area contributed by atoms with E-state index in [0.29, 0.717) is 5.69 Å². The molecule has 1 amide bonds. The summed E-state index contributed by atoms with van der Waals surface area (Å²) in [5.74, 6) is -1.28. The van der Waals surface area contributed by atoms with E-state index in [1.165, 1.54) is 11.9 Å². The van der Waals surface area contributed by atoms with Gasteiger partial charge in [0.2, 0.25) is 0 Å². The molecular weight excluding hydrogens is 248 g/mol. The number of methoxy groups -OCH3 is 1. The first-order valence-electron chi connectivity index (χ1n) is 5.85. The minimum absolute atomic E-state index is 0.583. The van der Waals surface area contributed by atoms with Crippen molar-refractivity contribution in [3.63, 3.8) is 0 Å². The summed E-state index contributed by atoms with van der Waals surface area (Å²) in [7, 11) is 3.07. The van der Waals surface area contributed by atoms with Crippen molar-refractivity contribution in [3.05, 3.63) is 23.8 Å². The van der Waals surface area contributed by atoms with Crippen LogP contribution in [0.2, 0.25) is 0 Å². The van der Waals surface area contributed by atoms with Gasteiger partial charge in [0.05, 0.1) is 7.11 Å². The second-order valence-corrected chi connectivity index (χ2v) is 4.06. The second kappa shape index (κ2) is 6.19. The van der Waals surface area contributed by atoms with Gasteiger partial charge < -0.3 is 20.5 Å². The van der Waals surface area contributed by atoms with Crippen molar-refractivity contribution in [3.8, 4) is 5.75 Å². The third-order valence-corrected chi connectivity index (χ3v) is 2.89. The summed E-state index contributed by atoms with van der Waals surface area (Å²) in [6, 6.07) is 3.65. The molecule has 0 aliphatic carbocycles. The van der Waals surface area contributed by atoms with Gasteiger partial charge in [-0.15, -0.1) is 0 Å². The van der Waals surface area contributed by atoms with Gasteiger partial charge >= 0.3 is 5.97 Å². The summed E-state index contributed by atoms with van der Waals surface area (Å²) in [5, 5.41) is 8.74. The van der Waals surface area contributed by atoms with Crippen molar-refractivity contribution in [1.29, 1.82) is 0 Å². The summed E-state index contributed by atoms with van der Waals surface area (Å²) in [6.07, 6.45) is 0.740. The number of carboxylic acids is 1. The van der Waals surface area contributed by atoms with E-state index in [9.17, 15) is 9.59 Å². The predicted molar refractivity (Wildman–Crippen MR) is 71.4 cm³/mol. The van der Waals surface area contributed by atoms with Gasteiger partial charge in [0.15, 0.2) is 6.04 Å². The normalized spacial score (nSPS) is 11.8. The average Bonchev–Trinajstić information content (AvgIpc) is 2.43. The van der Waals surface area contributed by atoms with Crippen molar-refractivity contribution >= 4 is 17.6 Å². The molecule has 1 unspecified atom stereocenters. The van der Waals surface area contributed by atoms with E-state index in [1.807, 2.05) is 6.92 Å². The number of likely N-dealkylation sites (N-methyl/N-ethyl adjacent to an activating group) is 1. The topological polar surface area (TPSA) is 92.9 Å². The number of aryl methyl sites for hydroxylation is 1. The number of amides is 1. The van der Waals surface area contributed by atoms with Crippen LogP contribution in [0, 0.1) is 0 Å². The molecule has 6 heteroatoms. The maximum atomic E-state index is 11.8. The van der Waals surface area contributed by atoms with Crippen LogP contribution in [0.15, 0.2) is 18.2 Å². The van der Waals surface area contributed by atoms with Gasteiger partial charge in [0, 0.05) is 12.7 Å². The van der Waals surface area contributed by atoms with Gasteiger partial charge in [0.1, 0.15) is 5.75 Å². The molecule has 0 aliphatic rings. The smallest absolute Gasteiger partial charge is 0.330 e. The van der Waals surface area contributed by atoms with Crippen LogP contribution < -0.4 is 15.4 Å². The molecule has 1 aromatic rings. The number of anilines is 1. The Hall–Kier alpha value is -2.08. The molecule has 1 rings (SSSR count). The highest BCUT2D eigenvalue weighted by molar-refractivity contribution is 6.08. The molecule has 0 saturated carbocycles. The van der Waals surface area contributed by atoms with E-state index in [1.54, 1.807) is 25.3 Å². The molecule has 1 atom stereocenters. The van der Waals surface area contributed by atoms with Crippen molar-refractivity contribution < 1.29 is 19.4 Å². The molecule has 3 N–H and O–H groups in total. The first-order chi connectivity index (χ1) is 8.92. The highest BCUT2D eigenvalue weighted by Crippen LogP contribution is 2.25. The van der Waals surface area contributed by atoms with Gasteiger partial charge in [-0.2, -0.15) is 0 Å². The second-order valence-electron chi connectivity index (χ2n) is 4.06. The predicted octanol–water partition coefficient (Wildman–Crippen LogP) is 0.632. The zero-order valence-electron chi connectivity index (χ0n) is 11.2. The zero-order chi connectivity index (χ0) is 14.6. The number of nitrogens with two attached hydrogens (primary N) is 1. The number of hydrogen-bond donors (Lipinski definition) is 2. The summed E-state index contributed by atoms with van der Waals surface area (Å²) in [6.45, 7) is 1.96. The molecule has 6 nitrogen and oxygen atoms in total. The minimum Gasteiger partial charge on any atom is -0.496 e. The molecule has 0 aromatic heterocycles. The van der Waals surface area contributed by atoms with Crippen LogP contribution in [0.1, 0.15) is 12.5 Å². The molecule has 0 saturated heterocycles. The van der Waals surface area contributed by atoms with Crippen molar-refractivity contribution in [2.45, 2.75) is 19.4 Å². The molecule has 19 heavy (non-hydrogen) atoms. The summed E-state index contributed by atoms with van der Waals surface area (Å²) in [4.78, 5) is 23.8. The van der Waals surface area contributed by atoms with Crippen LogP contribution in [-0.2, 0) is 16.0 Å². The lowest BCUT2D eigenvalue weighted by molar-refractivity contribution is -0.142. The van der Waals surface area contributed by atoms with Gasteiger partial charge in [-0.05, 0) is 30.2 Å². The summed E-state index contributed by atoms with van der Waals surface area (Å²) >= 11 is 0. The molecule has 0 spiro atoms. The number of carbonyl (C=O) groups is 2. The van der Waals surface area contributed by atoms with Crippen LogP contribution in [-0.4, -0.2) is 37.2 Å². The van der Waals surface area contributed by atoms with E-state index in [-0.39, 0.29) is 0 Å². The Kier molecular flexibility index (Phi) is 4.88. The Labute approximate surface area is 111 Å². The molecule has 0 heterocycles. The molecule has 0 radical (unpaired) electrons. The number of nitrogens with zero attached hydrogens (tertiary/aromatic N) is 1. The quantitative estimate of drug-likeness (QED) is 0.763. The minimum atomic E-state index is -1.56. The number of aliphatic carboxylic acids is 1. The highest BCUT2D eigenvalue weighted by atomic mass is 16.5. The van der Waals surface area contributed by atoms with Crippen LogP contribution in [0.25, 0.3) is 0 Å². The molecule has 104 valence electrons. The maximum Gasteiger partial charge on any atom is 0.330 e. The fourth-order valence-electron chi connectivity index (χ4n) is 1.69. The van der Waals surface area contributed by atoms with Gasteiger partial charge in [-0.1, -0.05) is 6.92 Å². The Morgan fingerprint density at radius 2 is 2.11 bits per heavy atom. The molecule has 0 fully saturated rings. The van der Waals surface area contributed by atoms with Crippen LogP contribution >= 0.6 is 0 Å². The fourth-order valence-corrected chi connectivity index (χ4v) is 1.69. The number of rotatable bonds is 5. The van der Waals surface area contributed by atoms with Gasteiger partial charge in [-0.25, -0.2) is 4.79 Å². The SMILES string of the molecule is CCc1cc(N(C)C(=O)C(N)C(=O)O)ccc1OC. The van der Waals surface area contributed by atoms with E-state index >= 15 is 0 Å². The summed E-state index contributed by atoms with van der Waals surface area (Å²) < 4.78 is 5.19. The Morgan fingerprint density at radius 1 is 1.47 bits per heavy atom. The van der Waals surface area contributed by atoms with Crippen LogP contribution in [0.4, 0.5) is 5.69 Å². The standard InChI is InChI=1S/C13H18N2O4/c1-4-8-7-9(5-6-10(8)19-3)15(2)12(16)11(14)13(17)18/h5-7,11H,4,14H2,1-3H3,(H,17,18). The lowest BCUT2D eigenvalue weighted by Crippen LogP contribution is -2.46. The van der Waals surface area contributed by atoms with E-state index in [4.69, 9.17) is 15.6 Å². The number of benzene rings is 1. The first-order valence-corrected chi connectivity index (χ1v) is 5.85. The Balaban J connectivity index is 3.03. The van der Waals surface area contributed by atoms with Crippen LogP contribution in [0.5, 0.6) is 5.75 Å². The number of hydrogen-bond acceptors (Lipinski definition) is 4. The van der Waals surface area contributed by atoms with Gasteiger partial charge in [-0.3, -0.25) is 4.79 Å². The first kappa shape index (κ1) is 15.0. The van der Waals surface area contributed by atoms with Gasteiger partial charge in [0.25, 0.3) is 5.91 Å². The van der Waals surface area contributed by atoms with Crippen molar-refractivity contribution in [2.75, 3.05) is 19.1 Å². The average molecular weight is 266 g/mol. The number of carbonyl (C=O) groups excluding carboxylic acids is 1. The number of ether oxygens (including phenoxy) is 1. The van der Waals surface area contributed by atoms with Crippen LogP contribution in [0.3, 0.4) is 0 Å². The molecule has 1 aromatic carbocycles. The lowest BCUT2D eigenvalue weighted by atomic mass is 10.1. The maximum absolute atomic E-state index is 11.8. The lowest BCUT2D eigenvalue weighted by Gasteiger charge is -2.20. The highest BCUT2D eigenvalue weighted by Gasteiger charge is 2.25. The molecule has 0 aliphatic heterocycles. The Morgan fingerprint density at radius 3 is 2.58 bits per heavy atom. The monoisotopic (exact) mass is 266 g/mol. The zero-order valence-corrected chi connectivity index (χ0v) is 11.2. The fraction of sp³-hybridized carbons (Fsp3) is 0.385. The summed E-state index contributed by atoms with van der Waals surface area (Å²) in [5.41, 5.74) is 6.83. The Bertz CT molecular complexity index is 488. The van der Waals surface area contributed by atoms with E-state index in [0.717, 1.165) is 17.7 Å². The molecule has 0 bridgehead atoms. The third kappa shape index (κ3) is 3.23.